The molecule has 0 atom stereocenters. The van der Waals surface area contributed by atoms with E-state index in [0.717, 1.165) is 21.4 Å². The van der Waals surface area contributed by atoms with Crippen LogP contribution in [0.5, 0.6) is 0 Å². The van der Waals surface area contributed by atoms with Crippen molar-refractivity contribution >= 4 is 40.4 Å². The molecule has 186 valence electrons. The average Bonchev–Trinajstić information content (AvgIpc) is 3.42. The van der Waals surface area contributed by atoms with Crippen LogP contribution in [0.1, 0.15) is 50.0 Å². The maximum atomic E-state index is 13.0. The number of rotatable bonds is 7. The van der Waals surface area contributed by atoms with Crippen LogP contribution in [0.15, 0.2) is 60.8 Å². The lowest BCUT2D eigenvalue weighted by molar-refractivity contribution is -0.116. The lowest BCUT2D eigenvalue weighted by Gasteiger charge is -2.15. The van der Waals surface area contributed by atoms with Crippen LogP contribution in [0, 0.1) is 6.92 Å². The molecule has 1 aliphatic heterocycles. The number of nitrogens with one attached hydrogen (secondary N) is 1. The van der Waals surface area contributed by atoms with Crippen molar-refractivity contribution in [2.75, 3.05) is 18.5 Å². The van der Waals surface area contributed by atoms with Crippen molar-refractivity contribution in [2.45, 2.75) is 20.3 Å². The van der Waals surface area contributed by atoms with Crippen LogP contribution in [0.25, 0.3) is 16.7 Å². The topological polar surface area (TPSA) is 123 Å². The van der Waals surface area contributed by atoms with Crippen LogP contribution in [0.4, 0.5) is 5.82 Å². The number of hydrogen-bond donors (Lipinski definition) is 1. The van der Waals surface area contributed by atoms with Crippen LogP contribution >= 0.6 is 0 Å². The molecule has 4 aromatic rings. The second kappa shape index (κ2) is 9.65. The number of carbonyl (C=O) groups is 4. The molecule has 0 unspecified atom stereocenters. The van der Waals surface area contributed by atoms with E-state index >= 15 is 0 Å². The molecule has 0 saturated carbocycles. The maximum Gasteiger partial charge on any atom is 0.343 e. The molecule has 3 heterocycles. The lowest BCUT2D eigenvalue weighted by Crippen LogP contribution is -2.33. The first-order chi connectivity index (χ1) is 17.9. The second-order valence-corrected chi connectivity index (χ2v) is 8.46. The third-order valence-corrected chi connectivity index (χ3v) is 6.09. The fraction of sp³-hybridized carbons (Fsp3) is 0.185. The van der Waals surface area contributed by atoms with Gasteiger partial charge >= 0.3 is 5.97 Å². The molecule has 37 heavy (non-hydrogen) atoms. The Morgan fingerprint density at radius 1 is 1.00 bits per heavy atom. The third kappa shape index (κ3) is 4.33. The van der Waals surface area contributed by atoms with E-state index in [1.807, 2.05) is 31.2 Å². The Labute approximate surface area is 211 Å². The van der Waals surface area contributed by atoms with Gasteiger partial charge in [0, 0.05) is 18.4 Å². The van der Waals surface area contributed by atoms with Crippen LogP contribution in [0.3, 0.4) is 0 Å². The number of ether oxygens (including phenoxy) is 1. The zero-order chi connectivity index (χ0) is 26.1. The molecule has 1 aliphatic rings. The first-order valence-electron chi connectivity index (χ1n) is 11.8. The molecule has 2 aromatic heterocycles. The number of imide groups is 1. The fourth-order valence-corrected chi connectivity index (χ4v) is 4.29. The first kappa shape index (κ1) is 23.9. The number of nitrogens with zero attached hydrogens (tertiary/aromatic N) is 4. The van der Waals surface area contributed by atoms with Gasteiger partial charge in [0.1, 0.15) is 5.56 Å². The SMILES string of the molecule is CCOC(=O)c1cnn(-c2cc(C)c3ccccc3n2)c1NC(=O)CCN1C(=O)c2ccccc2C1=O. The van der Waals surface area contributed by atoms with Crippen molar-refractivity contribution in [1.82, 2.24) is 19.7 Å². The van der Waals surface area contributed by atoms with E-state index in [1.54, 1.807) is 37.3 Å². The molecule has 0 bridgehead atoms. The molecule has 2 aromatic carbocycles. The number of para-hydroxylation sites is 1. The Bertz CT molecular complexity index is 1540. The van der Waals surface area contributed by atoms with Crippen molar-refractivity contribution in [3.63, 3.8) is 0 Å². The maximum absolute atomic E-state index is 13.0. The number of benzene rings is 2. The van der Waals surface area contributed by atoms with E-state index < -0.39 is 23.7 Å². The number of pyridine rings is 1. The molecule has 0 fully saturated rings. The molecular formula is C27H23N5O5. The summed E-state index contributed by atoms with van der Waals surface area (Å²) in [6, 6.07) is 15.9. The van der Waals surface area contributed by atoms with Crippen LogP contribution < -0.4 is 5.32 Å². The van der Waals surface area contributed by atoms with Gasteiger partial charge in [-0.1, -0.05) is 30.3 Å². The van der Waals surface area contributed by atoms with Gasteiger partial charge in [-0.05, 0) is 43.7 Å². The van der Waals surface area contributed by atoms with Crippen molar-refractivity contribution in [1.29, 1.82) is 0 Å². The summed E-state index contributed by atoms with van der Waals surface area (Å²) < 4.78 is 6.50. The summed E-state index contributed by atoms with van der Waals surface area (Å²) in [5.74, 6) is -1.55. The van der Waals surface area contributed by atoms with Crippen LogP contribution in [-0.4, -0.2) is 56.5 Å². The Morgan fingerprint density at radius 3 is 2.38 bits per heavy atom. The Balaban J connectivity index is 1.41. The standard InChI is InChI=1S/C27H23N5O5/c1-3-37-27(36)20-15-28-32(22-14-16(2)17-8-6-7-11-21(17)29-22)24(20)30-23(33)12-13-31-25(34)18-9-4-5-10-19(18)26(31)35/h4-11,14-15H,3,12-13H2,1-2H3,(H,30,33). The summed E-state index contributed by atoms with van der Waals surface area (Å²) in [6.45, 7) is 3.64. The van der Waals surface area contributed by atoms with Gasteiger partial charge in [-0.2, -0.15) is 9.78 Å². The van der Waals surface area contributed by atoms with Gasteiger partial charge in [-0.15, -0.1) is 0 Å². The van der Waals surface area contributed by atoms with Crippen molar-refractivity contribution < 1.29 is 23.9 Å². The predicted octanol–water partition coefficient (Wildman–Crippen LogP) is 3.53. The van der Waals surface area contributed by atoms with Crippen molar-refractivity contribution in [3.8, 4) is 5.82 Å². The van der Waals surface area contributed by atoms with Crippen molar-refractivity contribution in [2.24, 2.45) is 0 Å². The number of anilines is 1. The van der Waals surface area contributed by atoms with E-state index in [-0.39, 0.29) is 31.0 Å². The highest BCUT2D eigenvalue weighted by Crippen LogP contribution is 2.26. The molecule has 10 heteroatoms. The lowest BCUT2D eigenvalue weighted by atomic mass is 10.1. The summed E-state index contributed by atoms with van der Waals surface area (Å²) in [6.07, 6.45) is 1.13. The Kier molecular flexibility index (Phi) is 6.22. The number of fused-ring (bicyclic) bond motifs is 2. The number of amides is 3. The minimum absolute atomic E-state index is 0.0588. The average molecular weight is 498 g/mol. The molecule has 0 saturated heterocycles. The number of aromatic nitrogens is 3. The monoisotopic (exact) mass is 497 g/mol. The van der Waals surface area contributed by atoms with Gasteiger partial charge in [0.2, 0.25) is 5.91 Å². The third-order valence-electron chi connectivity index (χ3n) is 6.09. The summed E-state index contributed by atoms with van der Waals surface area (Å²) in [5, 5.41) is 7.98. The minimum atomic E-state index is -0.651. The van der Waals surface area contributed by atoms with E-state index in [2.05, 4.69) is 15.4 Å². The molecule has 3 amide bonds. The van der Waals surface area contributed by atoms with Crippen molar-refractivity contribution in [3.05, 3.63) is 83.0 Å². The molecule has 0 radical (unpaired) electrons. The summed E-state index contributed by atoms with van der Waals surface area (Å²) in [5.41, 5.74) is 2.36. The summed E-state index contributed by atoms with van der Waals surface area (Å²) >= 11 is 0. The van der Waals surface area contributed by atoms with Gasteiger partial charge in [0.15, 0.2) is 11.6 Å². The highest BCUT2D eigenvalue weighted by molar-refractivity contribution is 6.21. The fourth-order valence-electron chi connectivity index (χ4n) is 4.29. The number of esters is 1. The zero-order valence-corrected chi connectivity index (χ0v) is 20.2. The minimum Gasteiger partial charge on any atom is -0.462 e. The highest BCUT2D eigenvalue weighted by Gasteiger charge is 2.35. The van der Waals surface area contributed by atoms with Gasteiger partial charge in [-0.3, -0.25) is 19.3 Å². The summed E-state index contributed by atoms with van der Waals surface area (Å²) in [7, 11) is 0. The first-order valence-corrected chi connectivity index (χ1v) is 11.8. The van der Waals surface area contributed by atoms with Gasteiger partial charge in [0.05, 0.1) is 29.4 Å². The molecule has 0 spiro atoms. The molecule has 10 nitrogen and oxygen atoms in total. The second-order valence-electron chi connectivity index (χ2n) is 8.46. The normalized spacial score (nSPS) is 12.6. The van der Waals surface area contributed by atoms with E-state index in [1.165, 1.54) is 10.9 Å². The largest absolute Gasteiger partial charge is 0.462 e. The predicted molar refractivity (Wildman–Crippen MR) is 135 cm³/mol. The smallest absolute Gasteiger partial charge is 0.343 e. The van der Waals surface area contributed by atoms with E-state index in [9.17, 15) is 19.2 Å². The quantitative estimate of drug-likeness (QED) is 0.306. The number of carbonyl (C=O) groups excluding carboxylic acids is 4. The van der Waals surface area contributed by atoms with Gasteiger partial charge in [0.25, 0.3) is 11.8 Å². The number of hydrogen-bond acceptors (Lipinski definition) is 7. The number of aryl methyl sites for hydroxylation is 1. The molecule has 1 N–H and O–H groups in total. The van der Waals surface area contributed by atoms with Gasteiger partial charge < -0.3 is 10.1 Å². The molecule has 5 rings (SSSR count). The van der Waals surface area contributed by atoms with Crippen LogP contribution in [-0.2, 0) is 9.53 Å². The van der Waals surface area contributed by atoms with Gasteiger partial charge in [-0.25, -0.2) is 9.78 Å². The summed E-state index contributed by atoms with van der Waals surface area (Å²) in [4.78, 5) is 56.5. The van der Waals surface area contributed by atoms with E-state index in [4.69, 9.17) is 4.74 Å². The zero-order valence-electron chi connectivity index (χ0n) is 20.2. The molecule has 0 aliphatic carbocycles. The highest BCUT2D eigenvalue weighted by atomic mass is 16.5. The Morgan fingerprint density at radius 2 is 1.68 bits per heavy atom. The van der Waals surface area contributed by atoms with Crippen LogP contribution in [0.2, 0.25) is 0 Å². The molecular weight excluding hydrogens is 474 g/mol. The Hall–Kier alpha value is -4.86. The van der Waals surface area contributed by atoms with E-state index in [0.29, 0.717) is 16.9 Å².